The molecule has 5 rings (SSSR count). The van der Waals surface area contributed by atoms with E-state index in [1.807, 2.05) is 0 Å². The number of H-pyrrole nitrogens is 1. The minimum Gasteiger partial charge on any atom is -0.476 e. The number of benzene rings is 2. The molecule has 17 heteroatoms. The predicted molar refractivity (Wildman–Crippen MR) is 130 cm³/mol. The number of aromatic carboxylic acids is 1. The van der Waals surface area contributed by atoms with Gasteiger partial charge in [0, 0.05) is 18.2 Å². The van der Waals surface area contributed by atoms with E-state index < -0.39 is 78.9 Å². The summed E-state index contributed by atoms with van der Waals surface area (Å²) < 4.78 is 136. The lowest BCUT2D eigenvalue weighted by Gasteiger charge is -2.43. The first kappa shape index (κ1) is 30.4. The second-order valence-corrected chi connectivity index (χ2v) is 12.4. The number of carbonyl (C=O) groups is 2. The largest absolute Gasteiger partial charge is 0.476 e. The molecule has 2 aliphatic rings. The first-order valence-corrected chi connectivity index (χ1v) is 13.9. The number of likely N-dealkylation sites (tertiary alicyclic amines) is 1. The Bertz CT molecular complexity index is 1710. The number of sulfone groups is 1. The number of carboxylic acids is 1. The number of rotatable bonds is 5. The molecule has 1 aliphatic carbocycles. The van der Waals surface area contributed by atoms with Crippen molar-refractivity contribution in [3.63, 3.8) is 0 Å². The third-order valence-corrected chi connectivity index (χ3v) is 10.5. The Morgan fingerprint density at radius 3 is 2.16 bits per heavy atom. The number of hydrogen-bond acceptors (Lipinski definition) is 5. The van der Waals surface area contributed by atoms with Gasteiger partial charge in [-0.1, -0.05) is 18.2 Å². The Hall–Kier alpha value is -4.02. The summed E-state index contributed by atoms with van der Waals surface area (Å²) in [4.78, 5) is 25.3. The van der Waals surface area contributed by atoms with Crippen LogP contribution in [0.5, 0.6) is 0 Å². The molecule has 2 heterocycles. The summed E-state index contributed by atoms with van der Waals surface area (Å²) in [5, 5.41) is 14.9. The number of alkyl halides is 7. The quantitative estimate of drug-likeness (QED) is 0.298. The van der Waals surface area contributed by atoms with Gasteiger partial charge < -0.3 is 10.0 Å². The Morgan fingerprint density at radius 2 is 1.60 bits per heavy atom. The van der Waals surface area contributed by atoms with Crippen molar-refractivity contribution in [2.75, 3.05) is 6.54 Å². The van der Waals surface area contributed by atoms with Crippen LogP contribution in [0.25, 0.3) is 0 Å². The second kappa shape index (κ2) is 9.75. The monoisotopic (exact) mass is 637 g/mol. The van der Waals surface area contributed by atoms with Crippen molar-refractivity contribution in [1.82, 2.24) is 15.1 Å². The fraction of sp³-hybridized carbons (Fsp3) is 0.346. The van der Waals surface area contributed by atoms with Gasteiger partial charge in [0.25, 0.3) is 5.91 Å². The molecule has 2 aromatic carbocycles. The molecule has 3 aromatic rings. The van der Waals surface area contributed by atoms with Crippen molar-refractivity contribution in [1.29, 1.82) is 0 Å². The van der Waals surface area contributed by atoms with Crippen LogP contribution in [0.4, 0.5) is 35.1 Å². The molecule has 0 bridgehead atoms. The maximum Gasteiger partial charge on any atom is 0.435 e. The van der Waals surface area contributed by atoms with Gasteiger partial charge in [-0.2, -0.15) is 31.4 Å². The number of nitrogens with one attached hydrogen (secondary N) is 1. The minimum absolute atomic E-state index is 0.225. The van der Waals surface area contributed by atoms with Gasteiger partial charge in [0.15, 0.2) is 15.5 Å². The van der Waals surface area contributed by atoms with Gasteiger partial charge in [-0.05, 0) is 54.7 Å². The molecule has 0 radical (unpaired) electrons. The smallest absolute Gasteiger partial charge is 0.435 e. The maximum absolute atomic E-state index is 14.9. The molecular formula is C26H19F8N3O5S. The van der Waals surface area contributed by atoms with E-state index in [2.05, 4.69) is 10.2 Å². The fourth-order valence-corrected chi connectivity index (χ4v) is 8.36. The zero-order valence-electron chi connectivity index (χ0n) is 21.4. The second-order valence-electron chi connectivity index (χ2n) is 10.1. The predicted octanol–water partition coefficient (Wildman–Crippen LogP) is 5.07. The zero-order valence-corrected chi connectivity index (χ0v) is 22.2. The fourth-order valence-electron chi connectivity index (χ4n) is 5.99. The van der Waals surface area contributed by atoms with Gasteiger partial charge in [0.05, 0.1) is 10.9 Å². The van der Waals surface area contributed by atoms with Crippen LogP contribution in [0.15, 0.2) is 53.4 Å². The van der Waals surface area contributed by atoms with Crippen LogP contribution in [0.3, 0.4) is 0 Å². The summed E-state index contributed by atoms with van der Waals surface area (Å²) >= 11 is 0. The molecule has 230 valence electrons. The normalized spacial score (nSPS) is 20.9. The molecule has 1 aromatic heterocycles. The number of aromatic amines is 1. The summed E-state index contributed by atoms with van der Waals surface area (Å²) in [6.07, 6.45) is -13.8. The Balaban J connectivity index is 1.69. The molecular weight excluding hydrogens is 618 g/mol. The van der Waals surface area contributed by atoms with Crippen LogP contribution in [0, 0.1) is 5.82 Å². The summed E-state index contributed by atoms with van der Waals surface area (Å²) in [6, 6.07) is 4.44. The third-order valence-electron chi connectivity index (χ3n) is 7.96. The van der Waals surface area contributed by atoms with Crippen molar-refractivity contribution >= 4 is 21.7 Å². The molecule has 0 unspecified atom stereocenters. The van der Waals surface area contributed by atoms with Gasteiger partial charge in [0.2, 0.25) is 0 Å². The lowest BCUT2D eigenvalue weighted by Crippen LogP contribution is -2.53. The lowest BCUT2D eigenvalue weighted by atomic mass is 9.76. The highest BCUT2D eigenvalue weighted by Crippen LogP contribution is 2.56. The van der Waals surface area contributed by atoms with Crippen LogP contribution in [-0.2, 0) is 26.7 Å². The zero-order chi connectivity index (χ0) is 31.8. The van der Waals surface area contributed by atoms with Crippen molar-refractivity contribution < 1.29 is 58.2 Å². The van der Waals surface area contributed by atoms with E-state index in [1.54, 1.807) is 0 Å². The molecule has 43 heavy (non-hydrogen) atoms. The number of aryl methyl sites for hydroxylation is 1. The summed E-state index contributed by atoms with van der Waals surface area (Å²) in [7, 11) is -4.67. The highest BCUT2D eigenvalue weighted by atomic mass is 32.2. The summed E-state index contributed by atoms with van der Waals surface area (Å²) in [5.74, 6) is -3.12. The Morgan fingerprint density at radius 1 is 0.977 bits per heavy atom. The summed E-state index contributed by atoms with van der Waals surface area (Å²) in [5.41, 5.74) is -8.92. The lowest BCUT2D eigenvalue weighted by molar-refractivity contribution is -0.348. The summed E-state index contributed by atoms with van der Waals surface area (Å²) in [6.45, 7) is -0.287. The number of carboxylic acid groups (broad SMARTS) is 1. The average molecular weight is 638 g/mol. The van der Waals surface area contributed by atoms with E-state index >= 15 is 0 Å². The van der Waals surface area contributed by atoms with Crippen LogP contribution in [0.2, 0.25) is 0 Å². The number of amides is 1. The number of hydrogen-bond donors (Lipinski definition) is 2. The van der Waals surface area contributed by atoms with Gasteiger partial charge >= 0.3 is 24.0 Å². The molecule has 1 aliphatic heterocycles. The SMILES string of the molecule is O=C(O)c1cc(C(=O)N2CC[C@@]3(S(=O)(=O)c4ccc(F)cc4)c4ccc(C(F)(C(F)(F)F)C(F)(F)F)cc4CC[C@@H]23)[nH]n1. The first-order valence-electron chi connectivity index (χ1n) is 12.4. The standard InChI is InChI=1S/C26H19F8N3O5S/c27-15-3-5-16(6-4-15)43(41,42)23-9-10-37(21(38)18-12-19(22(39)40)36-35-18)20(23)8-1-13-11-14(2-7-17(13)23)24(28,25(29,30)31)26(32,33)34/h2-7,11-12,20H,1,8-10H2,(H,35,36)(H,39,40)/t20-,23-/m1/s1. The van der Waals surface area contributed by atoms with E-state index in [1.165, 1.54) is 0 Å². The van der Waals surface area contributed by atoms with E-state index in [4.69, 9.17) is 5.11 Å². The van der Waals surface area contributed by atoms with Crippen LogP contribution in [0.1, 0.15) is 50.5 Å². The topological polar surface area (TPSA) is 120 Å². The molecule has 2 N–H and O–H groups in total. The molecule has 8 nitrogen and oxygen atoms in total. The number of halogens is 8. The van der Waals surface area contributed by atoms with Gasteiger partial charge in [-0.3, -0.25) is 9.89 Å². The van der Waals surface area contributed by atoms with E-state index in [9.17, 15) is 53.1 Å². The van der Waals surface area contributed by atoms with Crippen molar-refractivity contribution in [3.05, 3.63) is 82.4 Å². The van der Waals surface area contributed by atoms with E-state index in [-0.39, 0.29) is 42.3 Å². The first-order chi connectivity index (χ1) is 19.9. The molecule has 1 saturated heterocycles. The minimum atomic E-state index is -6.40. The molecule has 0 saturated carbocycles. The molecule has 1 amide bonds. The number of fused-ring (bicyclic) bond motifs is 3. The Labute approximate surface area is 237 Å². The van der Waals surface area contributed by atoms with Gasteiger partial charge in [0.1, 0.15) is 16.3 Å². The van der Waals surface area contributed by atoms with E-state index in [0.29, 0.717) is 12.1 Å². The maximum atomic E-state index is 14.9. The van der Waals surface area contributed by atoms with Crippen molar-refractivity contribution in [2.24, 2.45) is 0 Å². The van der Waals surface area contributed by atoms with Gasteiger partial charge in [-0.15, -0.1) is 0 Å². The van der Waals surface area contributed by atoms with Crippen LogP contribution < -0.4 is 0 Å². The van der Waals surface area contributed by atoms with E-state index in [0.717, 1.165) is 35.2 Å². The number of carbonyl (C=O) groups excluding carboxylic acids is 1. The molecule has 0 spiro atoms. The average Bonchev–Trinajstić information content (AvgIpc) is 3.58. The van der Waals surface area contributed by atoms with Crippen molar-refractivity contribution in [2.45, 2.75) is 53.0 Å². The molecule has 1 fully saturated rings. The molecule has 2 atom stereocenters. The van der Waals surface area contributed by atoms with Gasteiger partial charge in [-0.25, -0.2) is 22.0 Å². The highest BCUT2D eigenvalue weighted by Gasteiger charge is 2.73. The third kappa shape index (κ3) is 4.38. The number of nitrogens with zero attached hydrogens (tertiary/aromatic N) is 2. The number of aromatic nitrogens is 2. The Kier molecular flexibility index (Phi) is 6.90. The van der Waals surface area contributed by atoms with Crippen LogP contribution >= 0.6 is 0 Å². The van der Waals surface area contributed by atoms with Crippen LogP contribution in [-0.4, -0.2) is 65.4 Å². The van der Waals surface area contributed by atoms with Crippen molar-refractivity contribution in [3.8, 4) is 0 Å². The highest BCUT2D eigenvalue weighted by molar-refractivity contribution is 7.92.